The van der Waals surface area contributed by atoms with Gasteiger partial charge in [-0.1, -0.05) is 61.6 Å². The average Bonchev–Trinajstić information content (AvgIpc) is 2.78. The zero-order valence-corrected chi connectivity index (χ0v) is 21.5. The van der Waals surface area contributed by atoms with Gasteiger partial charge in [0.05, 0.1) is 6.61 Å². The Morgan fingerprint density at radius 2 is 1.67 bits per heavy atom. The van der Waals surface area contributed by atoms with Gasteiger partial charge >= 0.3 is 0 Å². The Labute approximate surface area is 211 Å². The summed E-state index contributed by atoms with van der Waals surface area (Å²) in [5.74, 6) is 0.655. The Hall–Kier alpha value is -1.95. The van der Waals surface area contributed by atoms with E-state index >= 15 is 0 Å². The van der Waals surface area contributed by atoms with Gasteiger partial charge in [0.15, 0.2) is 0 Å². The topological polar surface area (TPSA) is 58.6 Å². The van der Waals surface area contributed by atoms with Crippen LogP contribution in [0.2, 0.25) is 15.1 Å². The molecule has 0 saturated heterocycles. The first-order valence-electron chi connectivity index (χ1n) is 11.1. The summed E-state index contributed by atoms with van der Waals surface area (Å²) in [6.07, 6.45) is 1.20. The van der Waals surface area contributed by atoms with Crippen molar-refractivity contribution in [2.45, 2.75) is 52.6 Å². The Kier molecular flexibility index (Phi) is 11.3. The normalized spacial score (nSPS) is 11.8. The van der Waals surface area contributed by atoms with E-state index in [1.807, 2.05) is 20.8 Å². The maximum Gasteiger partial charge on any atom is 0.242 e. The van der Waals surface area contributed by atoms with E-state index < -0.39 is 6.04 Å². The third-order valence-corrected chi connectivity index (χ3v) is 6.04. The molecule has 0 aromatic heterocycles. The van der Waals surface area contributed by atoms with Crippen LogP contribution in [-0.4, -0.2) is 35.9 Å². The van der Waals surface area contributed by atoms with E-state index in [0.717, 1.165) is 0 Å². The van der Waals surface area contributed by atoms with Crippen molar-refractivity contribution in [2.75, 3.05) is 13.2 Å². The van der Waals surface area contributed by atoms with Crippen LogP contribution in [0.5, 0.6) is 5.75 Å². The van der Waals surface area contributed by atoms with Gasteiger partial charge in [-0.15, -0.1) is 0 Å². The summed E-state index contributed by atoms with van der Waals surface area (Å²) in [6.45, 7) is 6.99. The van der Waals surface area contributed by atoms with Crippen molar-refractivity contribution in [1.82, 2.24) is 10.2 Å². The minimum atomic E-state index is -0.624. The minimum absolute atomic E-state index is 0.155. The fourth-order valence-corrected chi connectivity index (χ4v) is 3.93. The molecule has 1 atom stereocenters. The van der Waals surface area contributed by atoms with Crippen molar-refractivity contribution in [3.63, 3.8) is 0 Å². The fraction of sp³-hybridized carbons (Fsp3) is 0.440. The molecule has 0 aliphatic rings. The van der Waals surface area contributed by atoms with Crippen molar-refractivity contribution in [3.05, 3.63) is 63.1 Å². The van der Waals surface area contributed by atoms with Crippen LogP contribution in [0.1, 0.15) is 45.6 Å². The first-order valence-corrected chi connectivity index (χ1v) is 12.2. The van der Waals surface area contributed by atoms with Crippen LogP contribution in [0, 0.1) is 5.92 Å². The number of nitrogens with zero attached hydrogens (tertiary/aromatic N) is 1. The van der Waals surface area contributed by atoms with E-state index in [1.165, 1.54) is 0 Å². The van der Waals surface area contributed by atoms with Crippen LogP contribution < -0.4 is 10.1 Å². The molecule has 2 aromatic rings. The van der Waals surface area contributed by atoms with Gasteiger partial charge in [-0.05, 0) is 55.2 Å². The van der Waals surface area contributed by atoms with Crippen molar-refractivity contribution in [2.24, 2.45) is 5.92 Å². The van der Waals surface area contributed by atoms with Gasteiger partial charge in [0.25, 0.3) is 0 Å². The number of ether oxygens (including phenoxy) is 1. The summed E-state index contributed by atoms with van der Waals surface area (Å²) >= 11 is 18.6. The quantitative estimate of drug-likeness (QED) is 0.335. The van der Waals surface area contributed by atoms with E-state index in [4.69, 9.17) is 39.5 Å². The Bertz CT molecular complexity index is 899. The number of amides is 2. The third kappa shape index (κ3) is 8.73. The standard InChI is InChI=1S/C25H31Cl3N2O3/c1-4-23(25(32)29-15-17(2)3)30(16-20-21(27)7-5-8-22(20)28)24(31)9-6-14-33-19-12-10-18(26)11-13-19/h5,7-8,10-13,17,23H,4,6,9,14-16H2,1-3H3,(H,29,32)/t23-/m0/s1. The molecular formula is C25H31Cl3N2O3. The summed E-state index contributed by atoms with van der Waals surface area (Å²) in [6, 6.07) is 11.6. The highest BCUT2D eigenvalue weighted by Gasteiger charge is 2.29. The zero-order valence-electron chi connectivity index (χ0n) is 19.2. The highest BCUT2D eigenvalue weighted by atomic mass is 35.5. The number of benzene rings is 2. The molecule has 1 N–H and O–H groups in total. The van der Waals surface area contributed by atoms with Gasteiger partial charge < -0.3 is 15.0 Å². The number of hydrogen-bond acceptors (Lipinski definition) is 3. The summed E-state index contributed by atoms with van der Waals surface area (Å²) in [7, 11) is 0. The Morgan fingerprint density at radius 3 is 2.24 bits per heavy atom. The molecule has 2 amide bonds. The van der Waals surface area contributed by atoms with Gasteiger partial charge in [0.2, 0.25) is 11.8 Å². The van der Waals surface area contributed by atoms with E-state index in [9.17, 15) is 9.59 Å². The molecular weight excluding hydrogens is 483 g/mol. The predicted molar refractivity (Wildman–Crippen MR) is 135 cm³/mol. The Morgan fingerprint density at radius 1 is 1.03 bits per heavy atom. The van der Waals surface area contributed by atoms with E-state index in [1.54, 1.807) is 47.4 Å². The molecule has 0 aliphatic carbocycles. The predicted octanol–water partition coefficient (Wildman–Crippen LogP) is 6.39. The second-order valence-electron chi connectivity index (χ2n) is 8.19. The maximum atomic E-state index is 13.3. The molecule has 8 heteroatoms. The molecule has 0 radical (unpaired) electrons. The van der Waals surface area contributed by atoms with E-state index in [0.29, 0.717) is 58.3 Å². The summed E-state index contributed by atoms with van der Waals surface area (Å²) in [4.78, 5) is 27.8. The number of halogens is 3. The lowest BCUT2D eigenvalue weighted by molar-refractivity contribution is -0.141. The highest BCUT2D eigenvalue weighted by molar-refractivity contribution is 6.36. The molecule has 0 saturated carbocycles. The molecule has 2 aromatic carbocycles. The van der Waals surface area contributed by atoms with Gasteiger partial charge in [0, 0.05) is 40.1 Å². The van der Waals surface area contributed by atoms with E-state index in [2.05, 4.69) is 5.32 Å². The smallest absolute Gasteiger partial charge is 0.242 e. The molecule has 33 heavy (non-hydrogen) atoms. The average molecular weight is 514 g/mol. The van der Waals surface area contributed by atoms with Gasteiger partial charge in [-0.25, -0.2) is 0 Å². The molecule has 0 fully saturated rings. The highest BCUT2D eigenvalue weighted by Crippen LogP contribution is 2.27. The lowest BCUT2D eigenvalue weighted by Crippen LogP contribution is -2.49. The van der Waals surface area contributed by atoms with Crippen LogP contribution in [0.25, 0.3) is 0 Å². The second-order valence-corrected chi connectivity index (χ2v) is 9.44. The SMILES string of the molecule is CC[C@@H](C(=O)NCC(C)C)N(Cc1c(Cl)cccc1Cl)C(=O)CCCOc1ccc(Cl)cc1. The van der Waals surface area contributed by atoms with E-state index in [-0.39, 0.29) is 24.8 Å². The number of hydrogen-bond donors (Lipinski definition) is 1. The first kappa shape index (κ1) is 27.3. The summed E-state index contributed by atoms with van der Waals surface area (Å²) in [5.41, 5.74) is 0.627. The molecule has 2 rings (SSSR count). The molecule has 0 aliphatic heterocycles. The lowest BCUT2D eigenvalue weighted by atomic mass is 10.1. The number of rotatable bonds is 12. The third-order valence-electron chi connectivity index (χ3n) is 5.08. The molecule has 0 unspecified atom stereocenters. The van der Waals surface area contributed by atoms with Crippen LogP contribution in [0.4, 0.5) is 0 Å². The molecule has 180 valence electrons. The molecule has 5 nitrogen and oxygen atoms in total. The summed E-state index contributed by atoms with van der Waals surface area (Å²) in [5, 5.41) is 4.50. The number of carbonyl (C=O) groups excluding carboxylic acids is 2. The Balaban J connectivity index is 2.11. The summed E-state index contributed by atoms with van der Waals surface area (Å²) < 4.78 is 5.70. The van der Waals surface area contributed by atoms with Crippen molar-refractivity contribution < 1.29 is 14.3 Å². The van der Waals surface area contributed by atoms with Crippen molar-refractivity contribution in [3.8, 4) is 5.75 Å². The van der Waals surface area contributed by atoms with Gasteiger partial charge in [-0.3, -0.25) is 9.59 Å². The molecule has 0 spiro atoms. The van der Waals surface area contributed by atoms with Crippen LogP contribution in [0.15, 0.2) is 42.5 Å². The minimum Gasteiger partial charge on any atom is -0.494 e. The zero-order chi connectivity index (χ0) is 24.4. The van der Waals surface area contributed by atoms with Crippen molar-refractivity contribution in [1.29, 1.82) is 0 Å². The number of nitrogens with one attached hydrogen (secondary N) is 1. The maximum absolute atomic E-state index is 13.3. The van der Waals surface area contributed by atoms with Crippen molar-refractivity contribution >= 4 is 46.6 Å². The van der Waals surface area contributed by atoms with Gasteiger partial charge in [-0.2, -0.15) is 0 Å². The number of carbonyl (C=O) groups is 2. The molecule has 0 heterocycles. The monoisotopic (exact) mass is 512 g/mol. The van der Waals surface area contributed by atoms with Crippen LogP contribution in [0.3, 0.4) is 0 Å². The van der Waals surface area contributed by atoms with Gasteiger partial charge in [0.1, 0.15) is 11.8 Å². The largest absolute Gasteiger partial charge is 0.494 e. The lowest BCUT2D eigenvalue weighted by Gasteiger charge is -2.31. The first-order chi connectivity index (χ1) is 15.7. The second kappa shape index (κ2) is 13.7. The molecule has 0 bridgehead atoms. The van der Waals surface area contributed by atoms with Crippen LogP contribution in [-0.2, 0) is 16.1 Å². The van der Waals surface area contributed by atoms with Crippen LogP contribution >= 0.6 is 34.8 Å². The fourth-order valence-electron chi connectivity index (χ4n) is 3.28.